The van der Waals surface area contributed by atoms with Crippen molar-refractivity contribution in [2.24, 2.45) is 5.92 Å². The van der Waals surface area contributed by atoms with Crippen molar-refractivity contribution in [1.82, 2.24) is 20.5 Å². The van der Waals surface area contributed by atoms with Crippen LogP contribution in [0, 0.1) is 5.92 Å². The Morgan fingerprint density at radius 2 is 2.31 bits per heavy atom. The van der Waals surface area contributed by atoms with Gasteiger partial charge in [-0.1, -0.05) is 6.92 Å². The van der Waals surface area contributed by atoms with Crippen molar-refractivity contribution in [2.45, 2.75) is 45.4 Å². The Morgan fingerprint density at radius 1 is 1.38 bits per heavy atom. The van der Waals surface area contributed by atoms with Gasteiger partial charge in [-0.15, -0.1) is 0 Å². The van der Waals surface area contributed by atoms with E-state index in [-0.39, 0.29) is 0 Å². The summed E-state index contributed by atoms with van der Waals surface area (Å²) in [5.74, 6) is 2.86. The number of aryl methyl sites for hydroxylation is 2. The van der Waals surface area contributed by atoms with Gasteiger partial charge in [0.1, 0.15) is 5.82 Å². The molecule has 0 saturated carbocycles. The standard InChI is InChI=1S/C12H22N4/c1-2-4-11-14-12(16-15-11)7-6-10-5-3-8-13-9-10/h10,13H,2-9H2,1H3,(H,14,15,16). The van der Waals surface area contributed by atoms with Crippen LogP contribution >= 0.6 is 0 Å². The second-order valence-electron chi connectivity index (χ2n) is 4.70. The molecule has 1 unspecified atom stereocenters. The van der Waals surface area contributed by atoms with Gasteiger partial charge in [-0.2, -0.15) is 5.10 Å². The van der Waals surface area contributed by atoms with Crippen LogP contribution in [0.25, 0.3) is 0 Å². The number of hydrogen-bond donors (Lipinski definition) is 2. The van der Waals surface area contributed by atoms with Gasteiger partial charge < -0.3 is 5.32 Å². The van der Waals surface area contributed by atoms with Gasteiger partial charge in [0.15, 0.2) is 5.82 Å². The van der Waals surface area contributed by atoms with Crippen molar-refractivity contribution in [3.8, 4) is 0 Å². The largest absolute Gasteiger partial charge is 0.316 e. The van der Waals surface area contributed by atoms with Gasteiger partial charge in [0.05, 0.1) is 0 Å². The average molecular weight is 222 g/mol. The Hall–Kier alpha value is -0.900. The summed E-state index contributed by atoms with van der Waals surface area (Å²) in [6.45, 7) is 4.53. The summed E-state index contributed by atoms with van der Waals surface area (Å²) in [4.78, 5) is 4.50. The molecule has 1 atom stereocenters. The highest BCUT2D eigenvalue weighted by molar-refractivity contribution is 4.91. The SMILES string of the molecule is CCCc1nc(CCC2CCCNC2)n[nH]1. The van der Waals surface area contributed by atoms with Crippen LogP contribution in [-0.2, 0) is 12.8 Å². The maximum absolute atomic E-state index is 4.50. The summed E-state index contributed by atoms with van der Waals surface area (Å²) < 4.78 is 0. The van der Waals surface area contributed by atoms with Crippen LogP contribution in [0.1, 0.15) is 44.3 Å². The highest BCUT2D eigenvalue weighted by Gasteiger charge is 2.13. The molecule has 1 aliphatic heterocycles. The lowest BCUT2D eigenvalue weighted by Crippen LogP contribution is -2.30. The van der Waals surface area contributed by atoms with Gasteiger partial charge in [0.2, 0.25) is 0 Å². The number of nitrogens with zero attached hydrogens (tertiary/aromatic N) is 2. The van der Waals surface area contributed by atoms with E-state index in [0.29, 0.717) is 0 Å². The second kappa shape index (κ2) is 5.99. The molecule has 0 aliphatic carbocycles. The third-order valence-electron chi connectivity index (χ3n) is 3.24. The van der Waals surface area contributed by atoms with E-state index in [9.17, 15) is 0 Å². The molecule has 4 heteroatoms. The van der Waals surface area contributed by atoms with E-state index in [2.05, 4.69) is 27.4 Å². The molecule has 0 aromatic carbocycles. The lowest BCUT2D eigenvalue weighted by Gasteiger charge is -2.21. The molecule has 1 saturated heterocycles. The Balaban J connectivity index is 1.75. The molecule has 2 rings (SSSR count). The van der Waals surface area contributed by atoms with Crippen LogP contribution in [0.5, 0.6) is 0 Å². The van der Waals surface area contributed by atoms with Gasteiger partial charge in [0, 0.05) is 12.8 Å². The highest BCUT2D eigenvalue weighted by atomic mass is 15.2. The monoisotopic (exact) mass is 222 g/mol. The van der Waals surface area contributed by atoms with Crippen LogP contribution in [-0.4, -0.2) is 28.3 Å². The molecule has 1 aromatic rings. The molecule has 0 spiro atoms. The molecule has 90 valence electrons. The summed E-state index contributed by atoms with van der Waals surface area (Å²) in [5.41, 5.74) is 0. The van der Waals surface area contributed by atoms with E-state index in [1.165, 1.54) is 32.4 Å². The topological polar surface area (TPSA) is 53.6 Å². The summed E-state index contributed by atoms with van der Waals surface area (Å²) in [5, 5.41) is 10.7. The number of aromatic amines is 1. The second-order valence-corrected chi connectivity index (χ2v) is 4.70. The number of piperidine rings is 1. The minimum atomic E-state index is 0.821. The number of aromatic nitrogens is 3. The molecule has 1 aliphatic rings. The average Bonchev–Trinajstić information content (AvgIpc) is 2.76. The molecule has 1 fully saturated rings. The first kappa shape index (κ1) is 11.6. The van der Waals surface area contributed by atoms with Gasteiger partial charge in [-0.05, 0) is 44.7 Å². The normalized spacial score (nSPS) is 21.2. The van der Waals surface area contributed by atoms with Crippen molar-refractivity contribution in [1.29, 1.82) is 0 Å². The van der Waals surface area contributed by atoms with Crippen molar-refractivity contribution in [2.75, 3.05) is 13.1 Å². The third-order valence-corrected chi connectivity index (χ3v) is 3.24. The smallest absolute Gasteiger partial charge is 0.150 e. The molecule has 0 amide bonds. The van der Waals surface area contributed by atoms with Crippen LogP contribution < -0.4 is 5.32 Å². The fourth-order valence-corrected chi connectivity index (χ4v) is 2.30. The fourth-order valence-electron chi connectivity index (χ4n) is 2.30. The maximum Gasteiger partial charge on any atom is 0.150 e. The zero-order valence-corrected chi connectivity index (χ0v) is 10.1. The lowest BCUT2D eigenvalue weighted by atomic mass is 9.95. The molecule has 0 bridgehead atoms. The van der Waals surface area contributed by atoms with Gasteiger partial charge in [0.25, 0.3) is 0 Å². The van der Waals surface area contributed by atoms with Gasteiger partial charge in [-0.3, -0.25) is 5.10 Å². The summed E-state index contributed by atoms with van der Waals surface area (Å²) in [6.07, 6.45) is 7.06. The predicted molar refractivity (Wildman–Crippen MR) is 64.3 cm³/mol. The van der Waals surface area contributed by atoms with Crippen LogP contribution in [0.2, 0.25) is 0 Å². The number of rotatable bonds is 5. The van der Waals surface area contributed by atoms with Gasteiger partial charge in [-0.25, -0.2) is 4.98 Å². The summed E-state index contributed by atoms with van der Waals surface area (Å²) in [7, 11) is 0. The molecule has 0 radical (unpaired) electrons. The third kappa shape index (κ3) is 3.30. The zero-order chi connectivity index (χ0) is 11.2. The Bertz CT molecular complexity index is 302. The van der Waals surface area contributed by atoms with Crippen molar-refractivity contribution < 1.29 is 0 Å². The quantitative estimate of drug-likeness (QED) is 0.797. The summed E-state index contributed by atoms with van der Waals surface area (Å²) in [6, 6.07) is 0. The number of hydrogen-bond acceptors (Lipinski definition) is 3. The number of H-pyrrole nitrogens is 1. The molecule has 1 aromatic heterocycles. The number of nitrogens with one attached hydrogen (secondary N) is 2. The maximum atomic E-state index is 4.50. The summed E-state index contributed by atoms with van der Waals surface area (Å²) >= 11 is 0. The highest BCUT2D eigenvalue weighted by Crippen LogP contribution is 2.15. The van der Waals surface area contributed by atoms with Crippen LogP contribution in [0.15, 0.2) is 0 Å². The van der Waals surface area contributed by atoms with E-state index in [1.807, 2.05) is 0 Å². The minimum Gasteiger partial charge on any atom is -0.316 e. The van der Waals surface area contributed by atoms with E-state index in [4.69, 9.17) is 0 Å². The van der Waals surface area contributed by atoms with Gasteiger partial charge >= 0.3 is 0 Å². The Morgan fingerprint density at radius 3 is 3.06 bits per heavy atom. The van der Waals surface area contributed by atoms with Crippen molar-refractivity contribution in [3.05, 3.63) is 11.6 Å². The first-order valence-electron chi connectivity index (χ1n) is 6.49. The van der Waals surface area contributed by atoms with Crippen molar-refractivity contribution >= 4 is 0 Å². The Labute approximate surface area is 97.2 Å². The van der Waals surface area contributed by atoms with Crippen LogP contribution in [0.4, 0.5) is 0 Å². The van der Waals surface area contributed by atoms with Crippen molar-refractivity contribution in [3.63, 3.8) is 0 Å². The van der Waals surface area contributed by atoms with E-state index >= 15 is 0 Å². The Kier molecular flexibility index (Phi) is 4.34. The lowest BCUT2D eigenvalue weighted by molar-refractivity contribution is 0.356. The zero-order valence-electron chi connectivity index (χ0n) is 10.1. The fraction of sp³-hybridized carbons (Fsp3) is 0.833. The van der Waals surface area contributed by atoms with E-state index in [1.54, 1.807) is 0 Å². The molecule has 4 nitrogen and oxygen atoms in total. The van der Waals surface area contributed by atoms with E-state index < -0.39 is 0 Å². The minimum absolute atomic E-state index is 0.821. The predicted octanol–water partition coefficient (Wildman–Crippen LogP) is 1.69. The molecule has 16 heavy (non-hydrogen) atoms. The molecular formula is C12H22N4. The molecule has 2 heterocycles. The first-order chi connectivity index (χ1) is 7.88. The van der Waals surface area contributed by atoms with Crippen LogP contribution in [0.3, 0.4) is 0 Å². The molecular weight excluding hydrogens is 200 g/mol. The first-order valence-corrected chi connectivity index (χ1v) is 6.49. The molecule has 2 N–H and O–H groups in total. The van der Waals surface area contributed by atoms with E-state index in [0.717, 1.165) is 36.8 Å².